The number of hydrogen-bond acceptors (Lipinski definition) is 2. The topological polar surface area (TPSA) is 21.3 Å². The summed E-state index contributed by atoms with van der Waals surface area (Å²) in [5, 5.41) is 3.42. The van der Waals surface area contributed by atoms with Crippen molar-refractivity contribution in [2.75, 3.05) is 6.61 Å². The van der Waals surface area contributed by atoms with E-state index in [0.29, 0.717) is 24.6 Å². The fourth-order valence-electron chi connectivity index (χ4n) is 2.78. The summed E-state index contributed by atoms with van der Waals surface area (Å²) in [6, 6.07) is 5.70. The molecule has 3 rings (SSSR count). The van der Waals surface area contributed by atoms with Gasteiger partial charge in [-0.05, 0) is 42.9 Å². The van der Waals surface area contributed by atoms with Crippen LogP contribution in [0.15, 0.2) is 24.3 Å². The van der Waals surface area contributed by atoms with Gasteiger partial charge in [0.15, 0.2) is 0 Å². The summed E-state index contributed by atoms with van der Waals surface area (Å²) >= 11 is 0. The third-order valence-corrected chi connectivity index (χ3v) is 4.07. The van der Waals surface area contributed by atoms with Crippen molar-refractivity contribution in [3.8, 4) is 0 Å². The summed E-state index contributed by atoms with van der Waals surface area (Å²) < 4.78 is 43.1. The van der Waals surface area contributed by atoms with Crippen molar-refractivity contribution in [2.24, 2.45) is 5.92 Å². The highest BCUT2D eigenvalue weighted by molar-refractivity contribution is 5.24. The van der Waals surface area contributed by atoms with Crippen molar-refractivity contribution >= 4 is 0 Å². The van der Waals surface area contributed by atoms with Gasteiger partial charge in [-0.25, -0.2) is 0 Å². The van der Waals surface area contributed by atoms with Crippen LogP contribution in [0.2, 0.25) is 0 Å². The second kappa shape index (κ2) is 5.37. The van der Waals surface area contributed by atoms with E-state index in [0.717, 1.165) is 30.7 Å². The molecule has 1 aliphatic heterocycles. The fourth-order valence-corrected chi connectivity index (χ4v) is 2.78. The second-order valence-corrected chi connectivity index (χ2v) is 5.64. The molecule has 5 heteroatoms. The maximum Gasteiger partial charge on any atom is 0.416 e. The number of nitrogens with one attached hydrogen (secondary N) is 1. The number of benzene rings is 1. The van der Waals surface area contributed by atoms with Crippen LogP contribution in [0.25, 0.3) is 0 Å². The first kappa shape index (κ1) is 13.9. The molecule has 0 amide bonds. The molecule has 1 saturated heterocycles. The Bertz CT molecular complexity index is 453. The highest BCUT2D eigenvalue weighted by atomic mass is 19.4. The maximum atomic E-state index is 12.5. The number of ether oxygens (including phenoxy) is 1. The first-order valence-corrected chi connectivity index (χ1v) is 7.05. The Morgan fingerprint density at radius 3 is 2.40 bits per heavy atom. The first-order chi connectivity index (χ1) is 9.54. The van der Waals surface area contributed by atoms with Crippen molar-refractivity contribution in [3.05, 3.63) is 35.4 Å². The molecule has 110 valence electrons. The van der Waals surface area contributed by atoms with Gasteiger partial charge in [-0.1, -0.05) is 12.1 Å². The Hall–Kier alpha value is -1.07. The van der Waals surface area contributed by atoms with E-state index in [4.69, 9.17) is 4.74 Å². The minimum atomic E-state index is -4.26. The zero-order valence-electron chi connectivity index (χ0n) is 11.1. The van der Waals surface area contributed by atoms with Gasteiger partial charge in [0.1, 0.15) is 0 Å². The Balaban J connectivity index is 1.55. The van der Waals surface area contributed by atoms with E-state index < -0.39 is 11.7 Å². The van der Waals surface area contributed by atoms with Crippen LogP contribution in [-0.4, -0.2) is 18.8 Å². The average molecular weight is 285 g/mol. The highest BCUT2D eigenvalue weighted by Crippen LogP contribution is 2.38. The molecule has 0 bridgehead atoms. The average Bonchev–Trinajstić information content (AvgIpc) is 3.15. The monoisotopic (exact) mass is 285 g/mol. The van der Waals surface area contributed by atoms with Crippen molar-refractivity contribution < 1.29 is 17.9 Å². The zero-order chi connectivity index (χ0) is 14.2. The maximum absolute atomic E-state index is 12.5. The van der Waals surface area contributed by atoms with Gasteiger partial charge in [0, 0.05) is 19.2 Å². The minimum Gasteiger partial charge on any atom is -0.376 e. The lowest BCUT2D eigenvalue weighted by Crippen LogP contribution is -2.37. The van der Waals surface area contributed by atoms with Gasteiger partial charge in [0.2, 0.25) is 0 Å². The van der Waals surface area contributed by atoms with E-state index in [1.807, 2.05) is 0 Å². The third-order valence-electron chi connectivity index (χ3n) is 4.07. The molecule has 1 aromatic carbocycles. The number of alkyl halides is 3. The summed E-state index contributed by atoms with van der Waals surface area (Å²) in [4.78, 5) is 0. The first-order valence-electron chi connectivity index (χ1n) is 7.05. The summed E-state index contributed by atoms with van der Waals surface area (Å²) in [5.41, 5.74) is 0.278. The Kier molecular flexibility index (Phi) is 3.73. The van der Waals surface area contributed by atoms with Gasteiger partial charge < -0.3 is 10.1 Å². The van der Waals surface area contributed by atoms with Crippen molar-refractivity contribution in [1.29, 1.82) is 0 Å². The van der Waals surface area contributed by atoms with Gasteiger partial charge in [-0.2, -0.15) is 13.2 Å². The Morgan fingerprint density at radius 2 is 1.80 bits per heavy atom. The van der Waals surface area contributed by atoms with Gasteiger partial charge in [-0.3, -0.25) is 0 Å². The molecule has 2 unspecified atom stereocenters. The predicted molar refractivity (Wildman–Crippen MR) is 69.2 cm³/mol. The molecule has 1 N–H and O–H groups in total. The molecular formula is C15H18F3NO. The van der Waals surface area contributed by atoms with Gasteiger partial charge in [0.05, 0.1) is 11.7 Å². The third kappa shape index (κ3) is 3.15. The van der Waals surface area contributed by atoms with Crippen LogP contribution in [0, 0.1) is 5.92 Å². The highest BCUT2D eigenvalue weighted by Gasteiger charge is 2.40. The normalized spacial score (nSPS) is 26.9. The largest absolute Gasteiger partial charge is 0.416 e. The molecule has 2 aliphatic rings. The van der Waals surface area contributed by atoms with E-state index in [-0.39, 0.29) is 0 Å². The summed E-state index contributed by atoms with van der Waals surface area (Å²) in [6.45, 7) is 1.38. The molecule has 1 aliphatic carbocycles. The standard InChI is InChI=1S/C15H18F3NO/c16-15(17,18)12-5-1-10(2-6-12)9-19-13-7-8-20-14(13)11-3-4-11/h1-2,5-6,11,13-14,19H,3-4,7-9H2. The molecule has 20 heavy (non-hydrogen) atoms. The second-order valence-electron chi connectivity index (χ2n) is 5.64. The lowest BCUT2D eigenvalue weighted by molar-refractivity contribution is -0.137. The molecule has 0 radical (unpaired) electrons. The number of hydrogen-bond donors (Lipinski definition) is 1. The molecule has 2 atom stereocenters. The van der Waals surface area contributed by atoms with Crippen LogP contribution in [0.3, 0.4) is 0 Å². The SMILES string of the molecule is FC(F)(F)c1ccc(CNC2CCOC2C2CC2)cc1. The molecule has 0 spiro atoms. The van der Waals surface area contributed by atoms with Crippen molar-refractivity contribution in [1.82, 2.24) is 5.32 Å². The molecule has 1 saturated carbocycles. The quantitative estimate of drug-likeness (QED) is 0.916. The van der Waals surface area contributed by atoms with Crippen molar-refractivity contribution in [3.63, 3.8) is 0 Å². The Morgan fingerprint density at radius 1 is 1.10 bits per heavy atom. The van der Waals surface area contributed by atoms with E-state index >= 15 is 0 Å². The van der Waals surface area contributed by atoms with E-state index in [9.17, 15) is 13.2 Å². The van der Waals surface area contributed by atoms with Crippen LogP contribution in [0.5, 0.6) is 0 Å². The summed E-state index contributed by atoms with van der Waals surface area (Å²) in [7, 11) is 0. The van der Waals surface area contributed by atoms with Crippen molar-refractivity contribution in [2.45, 2.75) is 44.1 Å². The molecule has 0 aromatic heterocycles. The van der Waals surface area contributed by atoms with E-state index in [1.165, 1.54) is 25.0 Å². The fraction of sp³-hybridized carbons (Fsp3) is 0.600. The smallest absolute Gasteiger partial charge is 0.376 e. The number of halogens is 3. The molecule has 1 heterocycles. The van der Waals surface area contributed by atoms with Gasteiger partial charge >= 0.3 is 6.18 Å². The van der Waals surface area contributed by atoms with Crippen LogP contribution < -0.4 is 5.32 Å². The number of rotatable bonds is 4. The molecule has 2 fully saturated rings. The van der Waals surface area contributed by atoms with Gasteiger partial charge in [-0.15, -0.1) is 0 Å². The zero-order valence-corrected chi connectivity index (χ0v) is 11.1. The lowest BCUT2D eigenvalue weighted by atomic mass is 10.1. The van der Waals surface area contributed by atoms with Crippen LogP contribution in [0.4, 0.5) is 13.2 Å². The summed E-state index contributed by atoms with van der Waals surface area (Å²) in [6.07, 6.45) is -0.499. The molecular weight excluding hydrogens is 267 g/mol. The van der Waals surface area contributed by atoms with E-state index in [2.05, 4.69) is 5.32 Å². The summed E-state index contributed by atoms with van der Waals surface area (Å²) in [5.74, 6) is 0.683. The van der Waals surface area contributed by atoms with Crippen LogP contribution >= 0.6 is 0 Å². The van der Waals surface area contributed by atoms with E-state index in [1.54, 1.807) is 0 Å². The Labute approximate surface area is 116 Å². The lowest BCUT2D eigenvalue weighted by Gasteiger charge is -2.19. The molecule has 2 nitrogen and oxygen atoms in total. The van der Waals surface area contributed by atoms with Crippen LogP contribution in [-0.2, 0) is 17.5 Å². The van der Waals surface area contributed by atoms with Crippen LogP contribution in [0.1, 0.15) is 30.4 Å². The van der Waals surface area contributed by atoms with Gasteiger partial charge in [0.25, 0.3) is 0 Å². The predicted octanol–water partition coefficient (Wildman–Crippen LogP) is 3.36. The molecule has 1 aromatic rings. The minimum absolute atomic E-state index is 0.296.